The molecule has 0 aliphatic rings. The Morgan fingerprint density at radius 3 is 1.27 bits per heavy atom. The van der Waals surface area contributed by atoms with Gasteiger partial charge in [-0.05, 0) is 32.7 Å². The van der Waals surface area contributed by atoms with Gasteiger partial charge in [0.15, 0.2) is 0 Å². The first-order valence-electron chi connectivity index (χ1n) is 14.7. The molecular formula is C32H51IO6Si. The lowest BCUT2D eigenvalue weighted by Crippen LogP contribution is -2.66. The van der Waals surface area contributed by atoms with Gasteiger partial charge in [0.25, 0.3) is 8.32 Å². The van der Waals surface area contributed by atoms with E-state index in [1.807, 2.05) is 0 Å². The minimum Gasteiger partial charge on any atom is -0.405 e. The molecule has 0 unspecified atom stereocenters. The molecule has 0 N–H and O–H groups in total. The van der Waals surface area contributed by atoms with Gasteiger partial charge < -0.3 is 28.1 Å². The number of hydrogen-bond donors (Lipinski definition) is 0. The molecule has 0 spiro atoms. The van der Waals surface area contributed by atoms with E-state index in [2.05, 4.69) is 104 Å². The molecule has 6 nitrogen and oxygen atoms in total. The quantitative estimate of drug-likeness (QED) is 0.0617. The molecule has 0 radical (unpaired) electrons. The van der Waals surface area contributed by atoms with E-state index in [4.69, 9.17) is 28.1 Å². The highest BCUT2D eigenvalue weighted by Gasteiger charge is 2.49. The first-order chi connectivity index (χ1) is 19.5. The molecule has 0 aromatic heterocycles. The van der Waals surface area contributed by atoms with Gasteiger partial charge in [0.2, 0.25) is 0 Å². The van der Waals surface area contributed by atoms with E-state index < -0.39 is 8.32 Å². The molecule has 2 aromatic carbocycles. The van der Waals surface area contributed by atoms with E-state index in [0.717, 1.165) is 13.0 Å². The molecule has 8 heteroatoms. The van der Waals surface area contributed by atoms with Gasteiger partial charge in [-0.1, -0.05) is 117 Å². The Labute approximate surface area is 257 Å². The maximum absolute atomic E-state index is 6.84. The normalized spacial score (nSPS) is 12.2. The number of rotatable bonds is 24. The van der Waals surface area contributed by atoms with Gasteiger partial charge in [0, 0.05) is 6.61 Å². The van der Waals surface area contributed by atoms with Gasteiger partial charge >= 0.3 is 0 Å². The highest BCUT2D eigenvalue weighted by atomic mass is 127. The molecule has 2 aromatic rings. The summed E-state index contributed by atoms with van der Waals surface area (Å²) in [5.41, 5.74) is 0. The third-order valence-electron chi connectivity index (χ3n) is 6.62. The molecule has 40 heavy (non-hydrogen) atoms. The largest absolute Gasteiger partial charge is 0.405 e. The van der Waals surface area contributed by atoms with Gasteiger partial charge in [-0.25, -0.2) is 0 Å². The van der Waals surface area contributed by atoms with Crippen molar-refractivity contribution >= 4 is 41.3 Å². The lowest BCUT2D eigenvalue weighted by molar-refractivity contribution is -0.0130. The van der Waals surface area contributed by atoms with Gasteiger partial charge in [-0.15, -0.1) is 0 Å². The second kappa shape index (κ2) is 21.8. The van der Waals surface area contributed by atoms with Crippen LogP contribution in [0.15, 0.2) is 60.7 Å². The summed E-state index contributed by atoms with van der Waals surface area (Å²) in [6.45, 7) is 13.3. The zero-order valence-corrected chi connectivity index (χ0v) is 28.1. The minimum absolute atomic E-state index is 0.0367. The Morgan fingerprint density at radius 1 is 0.500 bits per heavy atom. The first-order valence-corrected chi connectivity index (χ1v) is 18.2. The van der Waals surface area contributed by atoms with Crippen LogP contribution in [0.25, 0.3) is 0 Å². The van der Waals surface area contributed by atoms with E-state index in [9.17, 15) is 0 Å². The number of hydrogen-bond acceptors (Lipinski definition) is 6. The standard InChI is InChI=1S/C32H51IO6Si/c1-32(2,3)40(30-14-8-6-9-15-30,31-16-10-7-11-17-31)39-29-28-38-27-26-37-25-24-36-23-22-35-21-20-34-19-13-5-4-12-18-33/h6-11,14-17H,4-5,12-13,18-29H2,1-3H3. The smallest absolute Gasteiger partial charge is 0.261 e. The monoisotopic (exact) mass is 686 g/mol. The molecule has 0 aliphatic heterocycles. The SMILES string of the molecule is CC(C)(C)[Si](OCCOCCOCCOCCOCCOCCCCCCI)(c1ccccc1)c1ccccc1. The molecule has 0 saturated heterocycles. The summed E-state index contributed by atoms with van der Waals surface area (Å²) in [5, 5.41) is 2.53. The molecular weight excluding hydrogens is 635 g/mol. The predicted octanol–water partition coefficient (Wildman–Crippen LogP) is 5.64. The van der Waals surface area contributed by atoms with Crippen molar-refractivity contribution in [1.29, 1.82) is 0 Å². The van der Waals surface area contributed by atoms with Crippen molar-refractivity contribution in [3.05, 3.63) is 60.7 Å². The summed E-state index contributed by atoms with van der Waals surface area (Å²) in [4.78, 5) is 0. The van der Waals surface area contributed by atoms with E-state index in [-0.39, 0.29) is 5.04 Å². The summed E-state index contributed by atoms with van der Waals surface area (Å²) >= 11 is 2.43. The fourth-order valence-electron chi connectivity index (χ4n) is 4.65. The summed E-state index contributed by atoms with van der Waals surface area (Å²) in [6, 6.07) is 21.4. The van der Waals surface area contributed by atoms with Crippen LogP contribution in [-0.2, 0) is 28.1 Å². The minimum atomic E-state index is -2.51. The highest BCUT2D eigenvalue weighted by Crippen LogP contribution is 2.36. The van der Waals surface area contributed by atoms with E-state index in [1.54, 1.807) is 0 Å². The first kappa shape index (κ1) is 35.3. The maximum atomic E-state index is 6.84. The average molecular weight is 687 g/mol. The molecule has 0 bridgehead atoms. The van der Waals surface area contributed by atoms with Gasteiger partial charge in [0.05, 0.1) is 66.1 Å². The number of unbranched alkanes of at least 4 members (excludes halogenated alkanes) is 3. The summed E-state index contributed by atoms with van der Waals surface area (Å²) in [7, 11) is -2.51. The average Bonchev–Trinajstić information content (AvgIpc) is 2.96. The molecule has 0 amide bonds. The number of halogens is 1. The predicted molar refractivity (Wildman–Crippen MR) is 175 cm³/mol. The Kier molecular flexibility index (Phi) is 19.3. The van der Waals surface area contributed by atoms with Crippen molar-refractivity contribution in [3.8, 4) is 0 Å². The Hall–Kier alpha value is -0.853. The van der Waals surface area contributed by atoms with Crippen LogP contribution in [0, 0.1) is 0 Å². The Balaban J connectivity index is 1.52. The van der Waals surface area contributed by atoms with Crippen LogP contribution < -0.4 is 10.4 Å². The van der Waals surface area contributed by atoms with Crippen molar-refractivity contribution in [2.24, 2.45) is 0 Å². The van der Waals surface area contributed by atoms with Gasteiger partial charge in [0.1, 0.15) is 0 Å². The Morgan fingerprint density at radius 2 is 0.875 bits per heavy atom. The van der Waals surface area contributed by atoms with E-state index in [1.165, 1.54) is 34.1 Å². The Bertz CT molecular complexity index is 810. The van der Waals surface area contributed by atoms with E-state index in [0.29, 0.717) is 66.1 Å². The second-order valence-corrected chi connectivity index (χ2v) is 16.1. The fourth-order valence-corrected chi connectivity index (χ4v) is 9.73. The lowest BCUT2D eigenvalue weighted by atomic mass is 10.2. The van der Waals surface area contributed by atoms with Crippen LogP contribution in [-0.4, -0.2) is 85.4 Å². The molecule has 0 saturated carbocycles. The number of ether oxygens (including phenoxy) is 5. The second-order valence-electron chi connectivity index (χ2n) is 10.7. The van der Waals surface area contributed by atoms with Gasteiger partial charge in [-0.3, -0.25) is 0 Å². The zero-order valence-electron chi connectivity index (χ0n) is 24.9. The third-order valence-corrected chi connectivity index (χ3v) is 12.4. The van der Waals surface area contributed by atoms with Gasteiger partial charge in [-0.2, -0.15) is 0 Å². The molecule has 0 fully saturated rings. The van der Waals surface area contributed by atoms with Crippen LogP contribution in [0.4, 0.5) is 0 Å². The maximum Gasteiger partial charge on any atom is 0.261 e. The van der Waals surface area contributed by atoms with Crippen LogP contribution in [0.2, 0.25) is 5.04 Å². The van der Waals surface area contributed by atoms with Crippen molar-refractivity contribution in [1.82, 2.24) is 0 Å². The fraction of sp³-hybridized carbons (Fsp3) is 0.625. The van der Waals surface area contributed by atoms with Crippen molar-refractivity contribution in [3.63, 3.8) is 0 Å². The van der Waals surface area contributed by atoms with Crippen molar-refractivity contribution < 1.29 is 28.1 Å². The summed E-state index contributed by atoms with van der Waals surface area (Å²) < 4.78 is 36.3. The molecule has 0 heterocycles. The molecule has 0 aliphatic carbocycles. The van der Waals surface area contributed by atoms with Crippen LogP contribution in [0.5, 0.6) is 0 Å². The molecule has 2 rings (SSSR count). The number of alkyl halides is 1. The molecule has 226 valence electrons. The zero-order chi connectivity index (χ0) is 28.8. The number of benzene rings is 2. The summed E-state index contributed by atoms with van der Waals surface area (Å²) in [5.74, 6) is 0. The van der Waals surface area contributed by atoms with Crippen LogP contribution in [0.3, 0.4) is 0 Å². The van der Waals surface area contributed by atoms with Crippen molar-refractivity contribution in [2.75, 3.05) is 77.1 Å². The van der Waals surface area contributed by atoms with E-state index >= 15 is 0 Å². The highest BCUT2D eigenvalue weighted by molar-refractivity contribution is 14.1. The molecule has 0 atom stereocenters. The van der Waals surface area contributed by atoms with Crippen LogP contribution in [0.1, 0.15) is 46.5 Å². The van der Waals surface area contributed by atoms with Crippen LogP contribution >= 0.6 is 22.6 Å². The summed E-state index contributed by atoms with van der Waals surface area (Å²) in [6.07, 6.45) is 5.00. The topological polar surface area (TPSA) is 55.4 Å². The third kappa shape index (κ3) is 13.4. The lowest BCUT2D eigenvalue weighted by Gasteiger charge is -2.43. The van der Waals surface area contributed by atoms with Crippen molar-refractivity contribution in [2.45, 2.75) is 51.5 Å².